The summed E-state index contributed by atoms with van der Waals surface area (Å²) in [6.07, 6.45) is 78.7. The van der Waals surface area contributed by atoms with E-state index < -0.39 is 0 Å². The van der Waals surface area contributed by atoms with Gasteiger partial charge in [-0.15, -0.1) is 0 Å². The monoisotopic (exact) mass is 2000 g/mol. The van der Waals surface area contributed by atoms with E-state index in [9.17, 15) is 0 Å². The number of hydrogen-bond donors (Lipinski definition) is 0. The minimum absolute atomic E-state index is 0.0896. The van der Waals surface area contributed by atoms with Crippen LogP contribution in [0, 0.1) is 0 Å². The highest BCUT2D eigenvalue weighted by Crippen LogP contribution is 2.61. The molecule has 0 saturated carbocycles. The van der Waals surface area contributed by atoms with Crippen molar-refractivity contribution in [2.24, 2.45) is 0 Å². The fourth-order valence-corrected chi connectivity index (χ4v) is 27.1. The van der Waals surface area contributed by atoms with Gasteiger partial charge in [0.25, 0.3) is 0 Å². The maximum absolute atomic E-state index is 5.44. The summed E-state index contributed by atoms with van der Waals surface area (Å²) in [7, 11) is 0. The van der Waals surface area contributed by atoms with E-state index in [1.165, 1.54) is 450 Å². The highest BCUT2D eigenvalue weighted by molar-refractivity contribution is 7.00. The molecule has 0 spiro atoms. The van der Waals surface area contributed by atoms with Crippen LogP contribution in [0.2, 0.25) is 0 Å². The first-order chi connectivity index (χ1) is 74.2. The van der Waals surface area contributed by atoms with E-state index in [1.54, 1.807) is 16.7 Å². The molecule has 0 saturated heterocycles. The van der Waals surface area contributed by atoms with Crippen molar-refractivity contribution in [3.63, 3.8) is 0 Å². The highest BCUT2D eigenvalue weighted by atomic mass is 32.1. The van der Waals surface area contributed by atoms with Gasteiger partial charge in [0.1, 0.15) is 11.0 Å². The molecule has 0 unspecified atom stereocenters. The molecule has 0 amide bonds. The minimum atomic E-state index is -0.245. The van der Waals surface area contributed by atoms with E-state index in [2.05, 4.69) is 333 Å². The first kappa shape index (κ1) is 109. The Bertz CT molecular complexity index is 6840. The number of para-hydroxylation sites is 2. The lowest BCUT2D eigenvalue weighted by Gasteiger charge is -2.34. The summed E-state index contributed by atoms with van der Waals surface area (Å²) in [6, 6.07) is 105. The number of rotatable bonds is 64. The van der Waals surface area contributed by atoms with Crippen LogP contribution in [0.5, 0.6) is 0 Å². The van der Waals surface area contributed by atoms with Gasteiger partial charge >= 0.3 is 0 Å². The van der Waals surface area contributed by atoms with E-state index >= 15 is 0 Å². The molecule has 3 aliphatic rings. The molecular formula is C145H174N4S. The average molecular weight is 2010 g/mol. The third-order valence-corrected chi connectivity index (χ3v) is 35.6. The predicted molar refractivity (Wildman–Crippen MR) is 653 cm³/mol. The largest absolute Gasteiger partial charge is 0.248 e. The van der Waals surface area contributed by atoms with Crippen LogP contribution in [0.15, 0.2) is 267 Å². The van der Waals surface area contributed by atoms with Gasteiger partial charge in [0.2, 0.25) is 0 Å². The van der Waals surface area contributed by atoms with Crippen LogP contribution in [0.25, 0.3) is 157 Å². The zero-order chi connectivity index (χ0) is 103. The average Bonchev–Trinajstić information content (AvgIpc) is 1.56. The topological polar surface area (TPSA) is 51.6 Å². The Balaban J connectivity index is 0.805. The zero-order valence-electron chi connectivity index (χ0n) is 92.6. The summed E-state index contributed by atoms with van der Waals surface area (Å²) in [4.78, 5) is 10.9. The van der Waals surface area contributed by atoms with Gasteiger partial charge in [-0.2, -0.15) is 8.75 Å². The maximum atomic E-state index is 5.44. The molecule has 0 fully saturated rings. The smallest absolute Gasteiger partial charge is 0.113 e. The SMILES string of the molecule is CCCCCCCCCCC1(CCCCCCCCCC)c2cc(-c3ccccc3)ccc2-c2ccc(-c3ccc4c(c3)C(CCCCCCCCCC)(CCCCCCCCCC)c3cc(-c5cc(/C=C/c6ccc7ccccc7n6)c(-c6ccc7c(c6)C(CCCCCCCCCC)(CCCCCCCCCC)c6cc(-c8ccc(-c9ccccc9)c9nsnc89)ccc6-7)cc5/C=C/c5ccc6ccccc6n5)ccc3-4)cc21. The van der Waals surface area contributed by atoms with Crippen molar-refractivity contribution < 1.29 is 0 Å². The minimum Gasteiger partial charge on any atom is -0.248 e. The molecule has 12 aromatic carbocycles. The molecule has 150 heavy (non-hydrogen) atoms. The molecule has 3 aliphatic carbocycles. The summed E-state index contributed by atoms with van der Waals surface area (Å²) in [6.45, 7) is 14.1. The fraction of sp³-hybridized carbons (Fsp3) is 0.434. The van der Waals surface area contributed by atoms with E-state index in [-0.39, 0.29) is 16.2 Å². The van der Waals surface area contributed by atoms with Gasteiger partial charge in [0.05, 0.1) is 34.1 Å². The third kappa shape index (κ3) is 26.3. The summed E-state index contributed by atoms with van der Waals surface area (Å²) in [5.41, 5.74) is 40.6. The van der Waals surface area contributed by atoms with Gasteiger partial charge in [-0.25, -0.2) is 9.97 Å². The van der Waals surface area contributed by atoms with Crippen LogP contribution in [0.1, 0.15) is 444 Å². The number of hydrogen-bond acceptors (Lipinski definition) is 5. The van der Waals surface area contributed by atoms with Crippen molar-refractivity contribution in [2.45, 2.75) is 405 Å². The van der Waals surface area contributed by atoms with Crippen molar-refractivity contribution in [3.05, 3.63) is 323 Å². The molecule has 0 radical (unpaired) electrons. The lowest BCUT2D eigenvalue weighted by molar-refractivity contribution is 0.397. The molecule has 0 bridgehead atoms. The Kier molecular flexibility index (Phi) is 40.1. The summed E-state index contributed by atoms with van der Waals surface area (Å²) < 4.78 is 10.3. The molecule has 3 heterocycles. The van der Waals surface area contributed by atoms with Crippen LogP contribution in [0.4, 0.5) is 0 Å². The highest BCUT2D eigenvalue weighted by Gasteiger charge is 2.47. The molecule has 0 N–H and O–H groups in total. The molecule has 780 valence electrons. The van der Waals surface area contributed by atoms with E-state index in [4.69, 9.17) is 18.7 Å². The molecule has 15 aromatic rings. The second-order valence-corrected chi connectivity index (χ2v) is 46.1. The van der Waals surface area contributed by atoms with E-state index in [0.29, 0.717) is 0 Å². The second-order valence-electron chi connectivity index (χ2n) is 45.6. The maximum Gasteiger partial charge on any atom is 0.113 e. The number of benzene rings is 12. The van der Waals surface area contributed by atoms with Crippen LogP contribution in [-0.2, 0) is 16.2 Å². The molecule has 5 heteroatoms. The predicted octanol–water partition coefficient (Wildman–Crippen LogP) is 45.1. The molecule has 0 aliphatic heterocycles. The lowest BCUT2D eigenvalue weighted by atomic mass is 9.69. The molecule has 3 aromatic heterocycles. The fourth-order valence-electron chi connectivity index (χ4n) is 26.6. The van der Waals surface area contributed by atoms with Crippen LogP contribution < -0.4 is 0 Å². The number of unbranched alkanes of at least 4 members (excludes halogenated alkanes) is 42. The Morgan fingerprint density at radius 3 is 0.720 bits per heavy atom. The van der Waals surface area contributed by atoms with E-state index in [0.717, 1.165) is 81.0 Å². The summed E-state index contributed by atoms with van der Waals surface area (Å²) in [5.74, 6) is 0. The molecule has 0 atom stereocenters. The van der Waals surface area contributed by atoms with E-state index in [1.807, 2.05) is 0 Å². The Morgan fingerprint density at radius 1 is 0.187 bits per heavy atom. The molecule has 18 rings (SSSR count). The summed E-state index contributed by atoms with van der Waals surface area (Å²) in [5, 5.41) is 2.30. The van der Waals surface area contributed by atoms with Gasteiger partial charge in [-0.05, 0) is 257 Å². The van der Waals surface area contributed by atoms with Crippen molar-refractivity contribution in [2.75, 3.05) is 0 Å². The van der Waals surface area contributed by atoms with Crippen molar-refractivity contribution in [1.82, 2.24) is 18.7 Å². The zero-order valence-corrected chi connectivity index (χ0v) is 93.4. The second kappa shape index (κ2) is 55.3. The van der Waals surface area contributed by atoms with Gasteiger partial charge < -0.3 is 0 Å². The van der Waals surface area contributed by atoms with Gasteiger partial charge in [-0.1, -0.05) is 556 Å². The molecule has 4 nitrogen and oxygen atoms in total. The Morgan fingerprint density at radius 2 is 0.420 bits per heavy atom. The quantitative estimate of drug-likeness (QED) is 0.0357. The first-order valence-corrected chi connectivity index (χ1v) is 61.4. The lowest BCUT2D eigenvalue weighted by Crippen LogP contribution is -2.26. The number of nitrogens with zero attached hydrogens (tertiary/aromatic N) is 4. The van der Waals surface area contributed by atoms with Gasteiger partial charge in [-0.3, -0.25) is 0 Å². The normalized spacial score (nSPS) is 13.5. The van der Waals surface area contributed by atoms with Crippen LogP contribution >= 0.6 is 11.7 Å². The van der Waals surface area contributed by atoms with Gasteiger partial charge in [0, 0.05) is 38.1 Å². The first-order valence-electron chi connectivity index (χ1n) is 60.7. The third-order valence-electron chi connectivity index (χ3n) is 35.0. The number of pyridine rings is 2. The standard InChI is InChI=1S/C145H174N4S/c1-7-13-19-25-31-37-43-59-95-143(96-60-44-38-32-26-20-14-8-2)133-103-113(109-65-51-49-52-66-109)77-87-125(133)126-88-78-114(104-134(126)143)115-79-89-127-129-91-81-119(107-137(129)144(135(127)105-115,97-61-45-39-33-27-21-15-9-3)98-62-46-40-34-28-22-16-10-4)131-101-117(76-86-122-84-74-112-70-56-58-72-140(112)147-122)132(102-116(131)75-85-121-83-73-111-69-55-57-71-139(111)146-121)120-82-92-130-128-90-80-118(124-94-93-123(110-67-53-50-54-68-110)141-142(124)149-150-148-141)106-136(128)145(138(130)108-120,99-63-47-41-35-29-23-17-11-5)100-64-48-42-36-30-24-18-12-6/h49-58,65-94,101-108H,7-48,59-64,95-100H2,1-6H3/b85-75+,86-76+. The van der Waals surface area contributed by atoms with Crippen LogP contribution in [-0.4, -0.2) is 18.7 Å². The van der Waals surface area contributed by atoms with Crippen molar-refractivity contribution in [3.8, 4) is 100 Å². The number of fused-ring (bicyclic) bond motifs is 12. The Hall–Kier alpha value is -11.2. The number of aromatic nitrogens is 4. The molecular weight excluding hydrogens is 1830 g/mol. The van der Waals surface area contributed by atoms with Crippen molar-refractivity contribution in [1.29, 1.82) is 0 Å². The summed E-state index contributed by atoms with van der Waals surface area (Å²) >= 11 is 1.34. The van der Waals surface area contributed by atoms with Crippen LogP contribution in [0.3, 0.4) is 0 Å². The van der Waals surface area contributed by atoms with Gasteiger partial charge in [0.15, 0.2) is 0 Å². The Labute approximate surface area is 908 Å². The van der Waals surface area contributed by atoms with Crippen molar-refractivity contribution >= 4 is 68.9 Å².